The van der Waals surface area contributed by atoms with Crippen molar-refractivity contribution in [1.82, 2.24) is 14.9 Å². The van der Waals surface area contributed by atoms with Gasteiger partial charge in [-0.3, -0.25) is 4.79 Å². The lowest BCUT2D eigenvalue weighted by molar-refractivity contribution is -0.115. The van der Waals surface area contributed by atoms with E-state index in [1.807, 2.05) is 13.0 Å². The molecule has 0 aliphatic carbocycles. The second-order valence-corrected chi connectivity index (χ2v) is 5.13. The summed E-state index contributed by atoms with van der Waals surface area (Å²) in [5.74, 6) is 2.29. The van der Waals surface area contributed by atoms with Crippen LogP contribution in [0.25, 0.3) is 0 Å². The molecule has 0 radical (unpaired) electrons. The first-order valence-corrected chi connectivity index (χ1v) is 6.57. The number of anilines is 2. The molecule has 0 saturated carbocycles. The van der Waals surface area contributed by atoms with E-state index in [1.54, 1.807) is 6.92 Å². The normalized spacial score (nSPS) is 19.4. The molecule has 6 heteroatoms. The SMILES string of the molecule is CC(=O)CNc1cc(NC2CCN(C)C2)nc(C)n1. The minimum Gasteiger partial charge on any atom is -0.366 e. The van der Waals surface area contributed by atoms with Gasteiger partial charge in [0.1, 0.15) is 23.2 Å². The van der Waals surface area contributed by atoms with Crippen LogP contribution in [-0.2, 0) is 4.79 Å². The van der Waals surface area contributed by atoms with E-state index in [-0.39, 0.29) is 5.78 Å². The molecule has 1 aliphatic heterocycles. The maximum Gasteiger partial charge on any atom is 0.148 e. The Balaban J connectivity index is 2.01. The molecular formula is C13H21N5O. The highest BCUT2D eigenvalue weighted by Crippen LogP contribution is 2.16. The van der Waals surface area contributed by atoms with E-state index in [2.05, 4.69) is 32.5 Å². The number of likely N-dealkylation sites (N-methyl/N-ethyl adjacent to an activating group) is 1. The van der Waals surface area contributed by atoms with Crippen LogP contribution in [0, 0.1) is 6.92 Å². The molecule has 0 amide bonds. The van der Waals surface area contributed by atoms with Crippen LogP contribution in [0.1, 0.15) is 19.2 Å². The summed E-state index contributed by atoms with van der Waals surface area (Å²) in [6.45, 7) is 5.83. The zero-order valence-electron chi connectivity index (χ0n) is 11.7. The number of nitrogens with one attached hydrogen (secondary N) is 2. The Bertz CT molecular complexity index is 462. The number of carbonyl (C=O) groups is 1. The summed E-state index contributed by atoms with van der Waals surface area (Å²) < 4.78 is 0. The zero-order chi connectivity index (χ0) is 13.8. The monoisotopic (exact) mass is 263 g/mol. The molecule has 0 aromatic carbocycles. The summed E-state index contributed by atoms with van der Waals surface area (Å²) in [6.07, 6.45) is 1.12. The van der Waals surface area contributed by atoms with Crippen LogP contribution in [0.15, 0.2) is 6.07 Å². The molecule has 19 heavy (non-hydrogen) atoms. The summed E-state index contributed by atoms with van der Waals surface area (Å²) in [7, 11) is 2.12. The van der Waals surface area contributed by atoms with Crippen molar-refractivity contribution in [3.05, 3.63) is 11.9 Å². The van der Waals surface area contributed by atoms with Crippen molar-refractivity contribution in [2.24, 2.45) is 0 Å². The van der Waals surface area contributed by atoms with Crippen LogP contribution < -0.4 is 10.6 Å². The molecule has 1 fully saturated rings. The quantitative estimate of drug-likeness (QED) is 0.822. The van der Waals surface area contributed by atoms with Gasteiger partial charge in [-0.25, -0.2) is 9.97 Å². The van der Waals surface area contributed by atoms with E-state index in [9.17, 15) is 4.79 Å². The van der Waals surface area contributed by atoms with E-state index >= 15 is 0 Å². The van der Waals surface area contributed by atoms with Gasteiger partial charge in [0.25, 0.3) is 0 Å². The molecule has 2 rings (SSSR count). The number of nitrogens with zero attached hydrogens (tertiary/aromatic N) is 3. The minimum atomic E-state index is 0.0863. The molecule has 1 saturated heterocycles. The van der Waals surface area contributed by atoms with Gasteiger partial charge in [0.15, 0.2) is 0 Å². The van der Waals surface area contributed by atoms with Crippen molar-refractivity contribution in [1.29, 1.82) is 0 Å². The smallest absolute Gasteiger partial charge is 0.148 e. The van der Waals surface area contributed by atoms with Gasteiger partial charge in [0, 0.05) is 18.7 Å². The zero-order valence-corrected chi connectivity index (χ0v) is 11.7. The molecule has 1 aliphatic rings. The Labute approximate surface area is 113 Å². The van der Waals surface area contributed by atoms with E-state index < -0.39 is 0 Å². The number of aryl methyl sites for hydroxylation is 1. The molecular weight excluding hydrogens is 242 g/mol. The second kappa shape index (κ2) is 5.97. The Morgan fingerprint density at radius 1 is 1.47 bits per heavy atom. The Morgan fingerprint density at radius 2 is 2.21 bits per heavy atom. The first kappa shape index (κ1) is 13.7. The number of hydrogen-bond donors (Lipinski definition) is 2. The maximum atomic E-state index is 11.0. The van der Waals surface area contributed by atoms with Gasteiger partial charge in [0.2, 0.25) is 0 Å². The van der Waals surface area contributed by atoms with E-state index in [4.69, 9.17) is 0 Å². The highest BCUT2D eigenvalue weighted by Gasteiger charge is 2.19. The first-order valence-electron chi connectivity index (χ1n) is 6.57. The van der Waals surface area contributed by atoms with Gasteiger partial charge in [-0.15, -0.1) is 0 Å². The molecule has 1 aromatic rings. The Morgan fingerprint density at radius 3 is 2.84 bits per heavy atom. The van der Waals surface area contributed by atoms with E-state index in [0.717, 1.165) is 25.3 Å². The van der Waals surface area contributed by atoms with Crippen molar-refractivity contribution in [2.45, 2.75) is 26.3 Å². The number of rotatable bonds is 5. The third kappa shape index (κ3) is 4.17. The van der Waals surface area contributed by atoms with Crippen LogP contribution >= 0.6 is 0 Å². The van der Waals surface area contributed by atoms with Gasteiger partial charge < -0.3 is 15.5 Å². The number of ketones is 1. The van der Waals surface area contributed by atoms with Crippen molar-refractivity contribution in [3.63, 3.8) is 0 Å². The standard InChI is InChI=1S/C13H21N5O/c1-9(19)7-14-12-6-13(16-10(2)15-12)17-11-4-5-18(3)8-11/h6,11H,4-5,7-8H2,1-3H3,(H2,14,15,16,17). The molecule has 0 bridgehead atoms. The third-order valence-corrected chi connectivity index (χ3v) is 3.10. The van der Waals surface area contributed by atoms with Gasteiger partial charge in [0.05, 0.1) is 6.54 Å². The molecule has 1 unspecified atom stereocenters. The largest absolute Gasteiger partial charge is 0.366 e. The fourth-order valence-corrected chi connectivity index (χ4v) is 2.21. The fourth-order valence-electron chi connectivity index (χ4n) is 2.21. The predicted octanol–water partition coefficient (Wildman–Crippen LogP) is 0.902. The molecule has 1 atom stereocenters. The van der Waals surface area contributed by atoms with Crippen LogP contribution in [0.5, 0.6) is 0 Å². The van der Waals surface area contributed by atoms with Gasteiger partial charge >= 0.3 is 0 Å². The summed E-state index contributed by atoms with van der Waals surface area (Å²) in [5.41, 5.74) is 0. The predicted molar refractivity (Wildman–Crippen MR) is 75.5 cm³/mol. The topological polar surface area (TPSA) is 70.2 Å². The number of carbonyl (C=O) groups excluding carboxylic acids is 1. The Hall–Kier alpha value is -1.69. The second-order valence-electron chi connectivity index (χ2n) is 5.13. The van der Waals surface area contributed by atoms with Crippen molar-refractivity contribution < 1.29 is 4.79 Å². The summed E-state index contributed by atoms with van der Waals surface area (Å²) >= 11 is 0. The minimum absolute atomic E-state index is 0.0863. The lowest BCUT2D eigenvalue weighted by Crippen LogP contribution is -2.24. The highest BCUT2D eigenvalue weighted by molar-refractivity contribution is 5.80. The average molecular weight is 263 g/mol. The fraction of sp³-hybridized carbons (Fsp3) is 0.615. The number of likely N-dealkylation sites (tertiary alicyclic amines) is 1. The highest BCUT2D eigenvalue weighted by atomic mass is 16.1. The third-order valence-electron chi connectivity index (χ3n) is 3.10. The maximum absolute atomic E-state index is 11.0. The summed E-state index contributed by atoms with van der Waals surface area (Å²) in [5, 5.41) is 6.43. The molecule has 6 nitrogen and oxygen atoms in total. The number of aromatic nitrogens is 2. The van der Waals surface area contributed by atoms with E-state index in [1.165, 1.54) is 0 Å². The lowest BCUT2D eigenvalue weighted by Gasteiger charge is -2.14. The first-order chi connectivity index (χ1) is 9.02. The van der Waals surface area contributed by atoms with Crippen molar-refractivity contribution >= 4 is 17.4 Å². The number of Topliss-reactive ketones (excluding diaryl/α,β-unsaturated/α-hetero) is 1. The van der Waals surface area contributed by atoms with Crippen molar-refractivity contribution in [2.75, 3.05) is 37.3 Å². The number of hydrogen-bond acceptors (Lipinski definition) is 6. The molecule has 1 aromatic heterocycles. The molecule has 0 spiro atoms. The van der Waals surface area contributed by atoms with Gasteiger partial charge in [-0.2, -0.15) is 0 Å². The van der Waals surface area contributed by atoms with Crippen molar-refractivity contribution in [3.8, 4) is 0 Å². The summed E-state index contributed by atoms with van der Waals surface area (Å²) in [6, 6.07) is 2.29. The average Bonchev–Trinajstić information content (AvgIpc) is 2.71. The Kier molecular flexibility index (Phi) is 4.31. The van der Waals surface area contributed by atoms with Gasteiger partial charge in [-0.1, -0.05) is 0 Å². The summed E-state index contributed by atoms with van der Waals surface area (Å²) in [4.78, 5) is 21.9. The molecule has 104 valence electrons. The van der Waals surface area contributed by atoms with Crippen LogP contribution in [0.3, 0.4) is 0 Å². The molecule has 2 heterocycles. The van der Waals surface area contributed by atoms with Crippen LogP contribution in [0.2, 0.25) is 0 Å². The van der Waals surface area contributed by atoms with Gasteiger partial charge in [-0.05, 0) is 33.9 Å². The molecule has 2 N–H and O–H groups in total. The van der Waals surface area contributed by atoms with Crippen LogP contribution in [-0.4, -0.2) is 53.4 Å². The van der Waals surface area contributed by atoms with E-state index in [0.29, 0.717) is 24.2 Å². The lowest BCUT2D eigenvalue weighted by atomic mass is 10.2. The van der Waals surface area contributed by atoms with Crippen LogP contribution in [0.4, 0.5) is 11.6 Å².